The molecule has 7 aromatic rings. The normalized spacial score (nSPS) is 9.98. The topological polar surface area (TPSA) is 0 Å². The van der Waals surface area contributed by atoms with Gasteiger partial charge in [0.2, 0.25) is 0 Å². The van der Waals surface area contributed by atoms with Gasteiger partial charge in [0.25, 0.3) is 0 Å². The van der Waals surface area contributed by atoms with E-state index >= 15 is 0 Å². The molecular weight excluding hydrogens is 577 g/mol. The summed E-state index contributed by atoms with van der Waals surface area (Å²) in [5.41, 5.74) is 10.2. The van der Waals surface area contributed by atoms with Crippen LogP contribution < -0.4 is 4.40 Å². The zero-order valence-electron chi connectivity index (χ0n) is 24.1. The van der Waals surface area contributed by atoms with E-state index in [2.05, 4.69) is 199 Å². The molecule has 0 heterocycles. The summed E-state index contributed by atoms with van der Waals surface area (Å²) in [7, 11) is 0. The van der Waals surface area contributed by atoms with Crippen LogP contribution in [0.3, 0.4) is 0 Å². The first kappa shape index (κ1) is 29.6. The average Bonchev–Trinajstić information content (AvgIpc) is 3.11. The maximum absolute atomic E-state index is 2.18. The standard InChI is InChI=1S/2C18H14.C6H5Ge/c2*1-3-9-15(10-4-1)17-13-7-8-14-18(17)16-11-5-2-6-12-16;7-6-4-2-1-3-5-6/h2*1-14H;1-5H. The minimum Gasteiger partial charge on any atom is -0.0622 e. The summed E-state index contributed by atoms with van der Waals surface area (Å²) in [4.78, 5) is 0. The molecule has 0 aliphatic heterocycles. The molecule has 1 heteroatoms. The van der Waals surface area contributed by atoms with Crippen molar-refractivity contribution in [1.82, 2.24) is 0 Å². The third-order valence-electron chi connectivity index (χ3n) is 6.97. The number of hydrogen-bond acceptors (Lipinski definition) is 0. The van der Waals surface area contributed by atoms with Gasteiger partial charge in [-0.3, -0.25) is 0 Å². The van der Waals surface area contributed by atoms with Gasteiger partial charge in [-0.15, -0.1) is 0 Å². The van der Waals surface area contributed by atoms with Gasteiger partial charge in [0.1, 0.15) is 0 Å². The Morgan fingerprint density at radius 2 is 0.395 bits per heavy atom. The predicted octanol–water partition coefficient (Wildman–Crippen LogP) is 10.5. The molecule has 0 nitrogen and oxygen atoms in total. The third-order valence-corrected chi connectivity index (χ3v) is 7.67. The zero-order valence-corrected chi connectivity index (χ0v) is 26.2. The maximum atomic E-state index is 2.18. The van der Waals surface area contributed by atoms with Gasteiger partial charge in [-0.1, -0.05) is 170 Å². The van der Waals surface area contributed by atoms with Gasteiger partial charge in [-0.05, 0) is 44.5 Å². The second-order valence-electron chi connectivity index (χ2n) is 9.92. The molecule has 0 saturated carbocycles. The van der Waals surface area contributed by atoms with Crippen LogP contribution >= 0.6 is 0 Å². The van der Waals surface area contributed by atoms with Crippen LogP contribution in [0.4, 0.5) is 0 Å². The third kappa shape index (κ3) is 8.55. The molecule has 0 spiro atoms. The van der Waals surface area contributed by atoms with E-state index in [4.69, 9.17) is 0 Å². The van der Waals surface area contributed by atoms with Gasteiger partial charge in [-0.25, -0.2) is 0 Å². The van der Waals surface area contributed by atoms with Gasteiger partial charge in [-0.2, -0.15) is 0 Å². The Morgan fingerprint density at radius 1 is 0.209 bits per heavy atom. The zero-order chi connectivity index (χ0) is 29.5. The minimum absolute atomic E-state index is 1.26. The fourth-order valence-corrected chi connectivity index (χ4v) is 5.29. The van der Waals surface area contributed by atoms with Gasteiger partial charge < -0.3 is 0 Å². The number of rotatable bonds is 4. The van der Waals surface area contributed by atoms with E-state index in [0.717, 1.165) is 0 Å². The smallest absolute Gasteiger partial charge is 0.0105 e. The van der Waals surface area contributed by atoms with Crippen LogP contribution in [-0.2, 0) is 0 Å². The Morgan fingerprint density at radius 3 is 0.581 bits per heavy atom. The van der Waals surface area contributed by atoms with E-state index in [-0.39, 0.29) is 0 Å². The number of benzene rings is 7. The minimum atomic E-state index is 1.26. The van der Waals surface area contributed by atoms with Gasteiger partial charge in [0.15, 0.2) is 0 Å². The van der Waals surface area contributed by atoms with Crippen molar-refractivity contribution in [3.63, 3.8) is 0 Å². The molecule has 0 fully saturated rings. The van der Waals surface area contributed by atoms with Gasteiger partial charge in [0.05, 0.1) is 0 Å². The Kier molecular flexibility index (Phi) is 10.9. The number of hydrogen-bond donors (Lipinski definition) is 0. The molecule has 0 N–H and O–H groups in total. The summed E-state index contributed by atoms with van der Waals surface area (Å²) in [6.45, 7) is 0. The molecule has 0 unspecified atom stereocenters. The molecule has 0 aliphatic carbocycles. The van der Waals surface area contributed by atoms with Crippen molar-refractivity contribution in [3.05, 3.63) is 200 Å². The van der Waals surface area contributed by atoms with Crippen molar-refractivity contribution < 1.29 is 0 Å². The fraction of sp³-hybridized carbons (Fsp3) is 0. The van der Waals surface area contributed by atoms with Crippen LogP contribution in [0.5, 0.6) is 0 Å². The van der Waals surface area contributed by atoms with E-state index in [9.17, 15) is 0 Å². The molecule has 3 radical (unpaired) electrons. The molecule has 205 valence electrons. The summed E-state index contributed by atoms with van der Waals surface area (Å²) in [5.74, 6) is 0. The SMILES string of the molecule is [Ge][c]1ccccc1.c1ccc(-c2ccccc2-c2ccccc2)cc1.c1ccc(-c2ccccc2-c2ccccc2)cc1. The van der Waals surface area contributed by atoms with E-state index in [1.807, 2.05) is 18.2 Å². The molecule has 43 heavy (non-hydrogen) atoms. The first-order valence-corrected chi connectivity index (χ1v) is 15.5. The predicted molar refractivity (Wildman–Crippen MR) is 186 cm³/mol. The van der Waals surface area contributed by atoms with E-state index in [0.29, 0.717) is 0 Å². The Hall–Kier alpha value is -4.92. The maximum Gasteiger partial charge on any atom is -0.0105 e. The molecular formula is C42H33Ge. The van der Waals surface area contributed by atoms with Crippen LogP contribution in [0.25, 0.3) is 44.5 Å². The molecule has 7 aromatic carbocycles. The molecule has 0 aromatic heterocycles. The summed E-state index contributed by atoms with van der Waals surface area (Å²) in [5, 5.41) is 0. The molecule has 0 saturated heterocycles. The molecule has 0 atom stereocenters. The van der Waals surface area contributed by atoms with Crippen molar-refractivity contribution in [3.8, 4) is 44.5 Å². The summed E-state index contributed by atoms with van der Waals surface area (Å²) < 4.78 is 1.32. The van der Waals surface area contributed by atoms with Crippen molar-refractivity contribution >= 4 is 20.9 Å². The van der Waals surface area contributed by atoms with Gasteiger partial charge >= 0.3 is 51.2 Å². The van der Waals surface area contributed by atoms with E-state index < -0.39 is 0 Å². The second-order valence-corrected chi connectivity index (χ2v) is 11.1. The summed E-state index contributed by atoms with van der Waals surface area (Å²) in [6.07, 6.45) is 0. The molecule has 0 aliphatic rings. The van der Waals surface area contributed by atoms with Crippen LogP contribution in [-0.4, -0.2) is 16.5 Å². The van der Waals surface area contributed by atoms with E-state index in [1.54, 1.807) is 0 Å². The van der Waals surface area contributed by atoms with Crippen LogP contribution in [0.15, 0.2) is 200 Å². The quantitative estimate of drug-likeness (QED) is 0.174. The molecule has 7 rings (SSSR count). The Balaban J connectivity index is 0.000000141. The van der Waals surface area contributed by atoms with Crippen LogP contribution in [0.1, 0.15) is 0 Å². The monoisotopic (exact) mass is 611 g/mol. The second kappa shape index (κ2) is 15.9. The first-order chi connectivity index (χ1) is 21.3. The van der Waals surface area contributed by atoms with E-state index in [1.165, 1.54) is 48.9 Å². The average molecular weight is 610 g/mol. The Labute approximate surface area is 264 Å². The van der Waals surface area contributed by atoms with Crippen molar-refractivity contribution in [2.45, 2.75) is 0 Å². The molecule has 0 amide bonds. The fourth-order valence-electron chi connectivity index (χ4n) is 4.88. The van der Waals surface area contributed by atoms with Crippen LogP contribution in [0.2, 0.25) is 0 Å². The molecule has 0 bridgehead atoms. The summed E-state index contributed by atoms with van der Waals surface area (Å²) in [6, 6.07) is 69.4. The van der Waals surface area contributed by atoms with Crippen molar-refractivity contribution in [2.24, 2.45) is 0 Å². The first-order valence-electron chi connectivity index (χ1n) is 14.5. The largest absolute Gasteiger partial charge is 0.0622 e. The summed E-state index contributed by atoms with van der Waals surface area (Å²) >= 11 is 2.08. The van der Waals surface area contributed by atoms with Crippen molar-refractivity contribution in [1.29, 1.82) is 0 Å². The van der Waals surface area contributed by atoms with Crippen LogP contribution in [0, 0.1) is 0 Å². The van der Waals surface area contributed by atoms with Gasteiger partial charge in [0, 0.05) is 0 Å². The van der Waals surface area contributed by atoms with Crippen molar-refractivity contribution in [2.75, 3.05) is 0 Å². The Bertz CT molecular complexity index is 1550.